The average Bonchev–Trinajstić information content (AvgIpc) is 1.65. The maximum absolute atomic E-state index is 9.22. The first-order valence-corrected chi connectivity index (χ1v) is 34.8. The third-order valence-corrected chi connectivity index (χ3v) is 21.4. The van der Waals surface area contributed by atoms with Gasteiger partial charge in [0.1, 0.15) is 17.8 Å². The lowest BCUT2D eigenvalue weighted by Gasteiger charge is -2.07. The monoisotopic (exact) mass is 1310 g/mol. The molecular weight excluding hydrogens is 1260 g/mol. The minimum Gasteiger partial charge on any atom is -0.263 e. The summed E-state index contributed by atoms with van der Waals surface area (Å²) in [6, 6.07) is 113. The Bertz CT molecular complexity index is 5620. The summed E-state index contributed by atoms with van der Waals surface area (Å²) in [7, 11) is 0. The molecule has 18 aromatic rings. The molecular formula is C90H54N6S3. The van der Waals surface area contributed by atoms with Crippen LogP contribution in [0.1, 0.15) is 16.8 Å². The van der Waals surface area contributed by atoms with E-state index in [9.17, 15) is 15.8 Å². The van der Waals surface area contributed by atoms with E-state index in [1.54, 1.807) is 30.9 Å². The van der Waals surface area contributed by atoms with E-state index in [1.807, 2.05) is 64.3 Å². The molecule has 0 fully saturated rings. The smallest absolute Gasteiger partial charge is 0.141 e. The molecule has 0 atom stereocenters. The van der Waals surface area contributed by atoms with Gasteiger partial charge in [-0.25, -0.2) is 4.98 Å². The van der Waals surface area contributed by atoms with E-state index in [2.05, 4.69) is 300 Å². The van der Waals surface area contributed by atoms with Gasteiger partial charge in [0.25, 0.3) is 0 Å². The third-order valence-electron chi connectivity index (χ3n) is 17.9. The molecule has 0 aliphatic carbocycles. The molecule has 99 heavy (non-hydrogen) atoms. The van der Waals surface area contributed by atoms with Crippen molar-refractivity contribution < 1.29 is 0 Å². The van der Waals surface area contributed by atoms with Crippen LogP contribution < -0.4 is 0 Å². The number of fused-ring (bicyclic) bond motifs is 9. The van der Waals surface area contributed by atoms with Crippen LogP contribution in [0, 0.1) is 34.0 Å². The molecule has 0 aliphatic heterocycles. The van der Waals surface area contributed by atoms with Gasteiger partial charge in [0.2, 0.25) is 0 Å². The lowest BCUT2D eigenvalue weighted by molar-refractivity contribution is 1.26. The van der Waals surface area contributed by atoms with Gasteiger partial charge in [-0.1, -0.05) is 182 Å². The van der Waals surface area contributed by atoms with Crippen molar-refractivity contribution in [2.75, 3.05) is 0 Å². The van der Waals surface area contributed by atoms with E-state index in [-0.39, 0.29) is 0 Å². The molecule has 0 saturated carbocycles. The van der Waals surface area contributed by atoms with Crippen molar-refractivity contribution in [1.29, 1.82) is 15.8 Å². The van der Waals surface area contributed by atoms with Gasteiger partial charge >= 0.3 is 0 Å². The number of pyridine rings is 3. The molecule has 0 bridgehead atoms. The molecule has 6 aromatic heterocycles. The summed E-state index contributed by atoms with van der Waals surface area (Å²) in [5, 5.41) is 35.3. The third kappa shape index (κ3) is 12.7. The van der Waals surface area contributed by atoms with E-state index in [0.717, 1.165) is 50.2 Å². The van der Waals surface area contributed by atoms with E-state index >= 15 is 0 Å². The number of nitrogens with zero attached hydrogens (tertiary/aromatic N) is 6. The molecule has 12 aromatic carbocycles. The maximum atomic E-state index is 9.22. The van der Waals surface area contributed by atoms with Crippen molar-refractivity contribution in [3.8, 4) is 118 Å². The summed E-state index contributed by atoms with van der Waals surface area (Å²) >= 11 is 5.50. The second-order valence-corrected chi connectivity index (χ2v) is 27.3. The van der Waals surface area contributed by atoms with Crippen LogP contribution in [0.2, 0.25) is 0 Å². The standard InChI is InChI=1S/3C30H18N2S/c31-17-20-13-26(19-32-18-20)23-8-4-7-22(14-23)25-10-12-30-28(16-25)27-15-24(9-11-29(27)33-30)21-5-2-1-3-6-21;31-19-20-13-14-32-28(15-20)25-8-4-7-22(16-25)24-10-12-30-27(18-24)26-17-23(9-11-29(26)33-30)21-5-2-1-3-6-21;31-19-26-16-25(13-14-32-26)22-8-4-7-21(15-22)24-10-12-30-28(18-24)27-17-23(9-11-29(27)33-30)20-5-2-1-3-6-20/h1-16,18-19H;2*1-18H. The van der Waals surface area contributed by atoms with E-state index in [0.29, 0.717) is 16.8 Å². The summed E-state index contributed by atoms with van der Waals surface area (Å²) in [6.45, 7) is 0. The number of hydrogen-bond donors (Lipinski definition) is 0. The Kier molecular flexibility index (Phi) is 16.8. The predicted molar refractivity (Wildman–Crippen MR) is 414 cm³/mol. The largest absolute Gasteiger partial charge is 0.263 e. The molecule has 0 N–H and O–H groups in total. The van der Waals surface area contributed by atoms with Gasteiger partial charge in [-0.05, 0) is 205 Å². The Morgan fingerprint density at radius 2 is 0.545 bits per heavy atom. The lowest BCUT2D eigenvalue weighted by atomic mass is 9.97. The first-order valence-electron chi connectivity index (χ1n) is 32.3. The summed E-state index contributed by atoms with van der Waals surface area (Å²) in [4.78, 5) is 12.8. The number of nitriles is 3. The van der Waals surface area contributed by atoms with Crippen molar-refractivity contribution in [3.05, 3.63) is 345 Å². The second kappa shape index (κ2) is 27.1. The topological polar surface area (TPSA) is 110 Å². The Morgan fingerprint density at radius 3 is 0.929 bits per heavy atom. The molecule has 9 heteroatoms. The fourth-order valence-corrected chi connectivity index (χ4v) is 16.1. The normalized spacial score (nSPS) is 11.0. The minimum absolute atomic E-state index is 0.429. The van der Waals surface area contributed by atoms with Crippen LogP contribution in [0.4, 0.5) is 0 Å². The van der Waals surface area contributed by atoms with Crippen LogP contribution >= 0.6 is 34.0 Å². The van der Waals surface area contributed by atoms with Gasteiger partial charge < -0.3 is 0 Å². The highest BCUT2D eigenvalue weighted by molar-refractivity contribution is 7.26. The highest BCUT2D eigenvalue weighted by atomic mass is 32.1. The molecule has 0 unspecified atom stereocenters. The molecule has 0 aliphatic rings. The molecule has 0 spiro atoms. The zero-order valence-electron chi connectivity index (χ0n) is 53.1. The Labute approximate surface area is 584 Å². The zero-order chi connectivity index (χ0) is 66.6. The molecule has 6 nitrogen and oxygen atoms in total. The van der Waals surface area contributed by atoms with Gasteiger partial charge in [-0.2, -0.15) is 15.8 Å². The van der Waals surface area contributed by atoms with Crippen molar-refractivity contribution in [1.82, 2.24) is 15.0 Å². The lowest BCUT2D eigenvalue weighted by Crippen LogP contribution is -1.86. The van der Waals surface area contributed by atoms with Crippen molar-refractivity contribution in [2.45, 2.75) is 0 Å². The molecule has 0 radical (unpaired) electrons. The molecule has 462 valence electrons. The highest BCUT2D eigenvalue weighted by Crippen LogP contribution is 2.43. The summed E-state index contributed by atoms with van der Waals surface area (Å²) < 4.78 is 7.78. The average molecular weight is 1320 g/mol. The van der Waals surface area contributed by atoms with Gasteiger partial charge in [0.05, 0.1) is 22.9 Å². The van der Waals surface area contributed by atoms with Crippen LogP contribution in [-0.4, -0.2) is 15.0 Å². The van der Waals surface area contributed by atoms with Crippen LogP contribution in [-0.2, 0) is 0 Å². The zero-order valence-corrected chi connectivity index (χ0v) is 55.5. The Morgan fingerprint density at radius 1 is 0.222 bits per heavy atom. The second-order valence-electron chi connectivity index (χ2n) is 24.1. The number of hydrogen-bond acceptors (Lipinski definition) is 9. The quantitative estimate of drug-likeness (QED) is 0.142. The van der Waals surface area contributed by atoms with Gasteiger partial charge in [-0.3, -0.25) is 9.97 Å². The SMILES string of the molecule is N#Cc1cc(-c2cccc(-c3ccc4sc5ccc(-c6ccccc6)cc5c4c3)c2)ccn1.N#Cc1ccnc(-c2cccc(-c3ccc4sc5ccc(-c6ccccc6)cc5c4c3)c2)c1.N#Cc1cncc(-c2cccc(-c3ccc4sc5ccc(-c6ccccc6)cc5c4c3)c2)c1. The summed E-state index contributed by atoms with van der Waals surface area (Å²) in [6.07, 6.45) is 6.77. The summed E-state index contributed by atoms with van der Waals surface area (Å²) in [5.41, 5.74) is 21.9. The molecule has 18 rings (SSSR count). The van der Waals surface area contributed by atoms with Gasteiger partial charge in [0, 0.05) is 96.4 Å². The number of thiophene rings is 3. The van der Waals surface area contributed by atoms with Crippen LogP contribution in [0.25, 0.3) is 161 Å². The number of aromatic nitrogens is 3. The van der Waals surface area contributed by atoms with Gasteiger partial charge in [-0.15, -0.1) is 34.0 Å². The van der Waals surface area contributed by atoms with Crippen LogP contribution in [0.5, 0.6) is 0 Å². The predicted octanol–water partition coefficient (Wildman–Crippen LogP) is 25.0. The minimum atomic E-state index is 0.429. The van der Waals surface area contributed by atoms with Crippen LogP contribution in [0.3, 0.4) is 0 Å². The fourth-order valence-electron chi connectivity index (χ4n) is 12.9. The highest BCUT2D eigenvalue weighted by Gasteiger charge is 2.15. The first kappa shape index (κ1) is 61.1. The molecule has 6 heterocycles. The Balaban J connectivity index is 0.000000116. The number of rotatable bonds is 9. The van der Waals surface area contributed by atoms with Crippen molar-refractivity contribution in [2.24, 2.45) is 0 Å². The molecule has 0 amide bonds. The molecule has 0 saturated heterocycles. The van der Waals surface area contributed by atoms with Gasteiger partial charge in [0.15, 0.2) is 0 Å². The maximum Gasteiger partial charge on any atom is 0.141 e. The van der Waals surface area contributed by atoms with Crippen molar-refractivity contribution in [3.63, 3.8) is 0 Å². The van der Waals surface area contributed by atoms with E-state index < -0.39 is 0 Å². The number of benzene rings is 12. The van der Waals surface area contributed by atoms with Crippen molar-refractivity contribution >= 4 is 94.5 Å². The fraction of sp³-hybridized carbons (Fsp3) is 0. The summed E-state index contributed by atoms with van der Waals surface area (Å²) in [5.74, 6) is 0. The van der Waals surface area contributed by atoms with E-state index in [4.69, 9.17) is 0 Å². The van der Waals surface area contributed by atoms with Crippen LogP contribution in [0.15, 0.2) is 328 Å². The Hall–Kier alpha value is -12.8. The first-order chi connectivity index (χ1) is 48.8. The van der Waals surface area contributed by atoms with E-state index in [1.165, 1.54) is 111 Å².